The summed E-state index contributed by atoms with van der Waals surface area (Å²) in [5.74, 6) is -1.06. The van der Waals surface area contributed by atoms with Crippen LogP contribution in [-0.4, -0.2) is 28.5 Å². The Morgan fingerprint density at radius 2 is 1.92 bits per heavy atom. The van der Waals surface area contributed by atoms with Crippen molar-refractivity contribution in [1.82, 2.24) is 15.3 Å². The van der Waals surface area contributed by atoms with Gasteiger partial charge in [-0.25, -0.2) is 9.78 Å². The van der Waals surface area contributed by atoms with E-state index in [2.05, 4.69) is 15.3 Å². The number of esters is 1. The fourth-order valence-corrected chi connectivity index (χ4v) is 2.60. The number of rotatable bonds is 5. The van der Waals surface area contributed by atoms with Crippen LogP contribution in [-0.2, 0) is 9.53 Å². The van der Waals surface area contributed by atoms with E-state index in [1.165, 1.54) is 18.6 Å². The molecule has 0 bridgehead atoms. The Bertz CT molecular complexity index is 891. The minimum Gasteiger partial charge on any atom is -0.451 e. The Morgan fingerprint density at radius 3 is 2.72 bits per heavy atom. The lowest BCUT2D eigenvalue weighted by molar-refractivity contribution is -0.124. The maximum atomic E-state index is 12.1. The number of aromatic nitrogens is 2. The van der Waals surface area contributed by atoms with Crippen molar-refractivity contribution < 1.29 is 14.3 Å². The third-order valence-corrected chi connectivity index (χ3v) is 3.77. The average molecular weight is 335 g/mol. The van der Waals surface area contributed by atoms with Gasteiger partial charge < -0.3 is 10.1 Å². The van der Waals surface area contributed by atoms with Crippen molar-refractivity contribution in [2.75, 3.05) is 6.61 Å². The number of benzene rings is 2. The van der Waals surface area contributed by atoms with Gasteiger partial charge in [-0.1, -0.05) is 42.5 Å². The first-order valence-electron chi connectivity index (χ1n) is 7.85. The van der Waals surface area contributed by atoms with E-state index in [1.807, 2.05) is 49.4 Å². The summed E-state index contributed by atoms with van der Waals surface area (Å²) in [7, 11) is 0. The predicted molar refractivity (Wildman–Crippen MR) is 92.8 cm³/mol. The molecule has 6 heteroatoms. The number of fused-ring (bicyclic) bond motifs is 1. The molecule has 0 aliphatic carbocycles. The molecule has 0 aliphatic heterocycles. The maximum absolute atomic E-state index is 12.1. The summed E-state index contributed by atoms with van der Waals surface area (Å²) in [5.41, 5.74) is 1.07. The van der Waals surface area contributed by atoms with E-state index in [-0.39, 0.29) is 24.2 Å². The summed E-state index contributed by atoms with van der Waals surface area (Å²) in [6.07, 6.45) is 4.13. The predicted octanol–water partition coefficient (Wildman–Crippen LogP) is 2.66. The number of hydrogen-bond donors (Lipinski definition) is 1. The minimum absolute atomic E-state index is 0.0670. The molecule has 126 valence electrons. The first-order valence-corrected chi connectivity index (χ1v) is 7.85. The Labute approximate surface area is 144 Å². The molecule has 0 saturated carbocycles. The van der Waals surface area contributed by atoms with Crippen LogP contribution in [0.3, 0.4) is 0 Å². The number of hydrogen-bond acceptors (Lipinski definition) is 5. The largest absolute Gasteiger partial charge is 0.451 e. The normalized spacial score (nSPS) is 11.7. The molecule has 0 spiro atoms. The molecule has 1 N–H and O–H groups in total. The first kappa shape index (κ1) is 16.6. The molecule has 0 aliphatic rings. The third-order valence-electron chi connectivity index (χ3n) is 3.77. The van der Waals surface area contributed by atoms with Gasteiger partial charge in [0, 0.05) is 12.4 Å². The van der Waals surface area contributed by atoms with Crippen molar-refractivity contribution >= 4 is 22.6 Å². The molecule has 0 unspecified atom stereocenters. The highest BCUT2D eigenvalue weighted by Crippen LogP contribution is 2.23. The Hall–Kier alpha value is -3.28. The average Bonchev–Trinajstić information content (AvgIpc) is 2.66. The fourth-order valence-electron chi connectivity index (χ4n) is 2.60. The monoisotopic (exact) mass is 335 g/mol. The summed E-state index contributed by atoms with van der Waals surface area (Å²) in [6, 6.07) is 13.7. The smallest absolute Gasteiger partial charge is 0.359 e. The van der Waals surface area contributed by atoms with E-state index in [0.29, 0.717) is 0 Å². The van der Waals surface area contributed by atoms with Gasteiger partial charge in [-0.15, -0.1) is 0 Å². The molecule has 25 heavy (non-hydrogen) atoms. The second-order valence-electron chi connectivity index (χ2n) is 5.52. The molecule has 6 nitrogen and oxygen atoms in total. The first-order chi connectivity index (χ1) is 12.1. The molecule has 1 amide bonds. The Balaban J connectivity index is 1.61. The summed E-state index contributed by atoms with van der Waals surface area (Å²) < 4.78 is 4.96. The second-order valence-corrected chi connectivity index (χ2v) is 5.52. The quantitative estimate of drug-likeness (QED) is 0.725. The third kappa shape index (κ3) is 3.98. The Kier molecular flexibility index (Phi) is 4.99. The maximum Gasteiger partial charge on any atom is 0.359 e. The van der Waals surface area contributed by atoms with E-state index < -0.39 is 5.97 Å². The topological polar surface area (TPSA) is 81.2 Å². The van der Waals surface area contributed by atoms with E-state index >= 15 is 0 Å². The number of nitrogens with zero attached hydrogens (tertiary/aromatic N) is 2. The zero-order valence-electron chi connectivity index (χ0n) is 13.7. The zero-order chi connectivity index (χ0) is 17.6. The van der Waals surface area contributed by atoms with Gasteiger partial charge in [0.1, 0.15) is 0 Å². The molecular formula is C19H17N3O3. The van der Waals surface area contributed by atoms with Crippen LogP contribution in [0.15, 0.2) is 61.1 Å². The lowest BCUT2D eigenvalue weighted by Gasteiger charge is -2.16. The van der Waals surface area contributed by atoms with Crippen LogP contribution in [0.25, 0.3) is 10.8 Å². The molecule has 1 aromatic heterocycles. The Morgan fingerprint density at radius 1 is 1.12 bits per heavy atom. The van der Waals surface area contributed by atoms with Gasteiger partial charge in [0.25, 0.3) is 5.91 Å². The molecule has 3 rings (SSSR count). The molecule has 2 aromatic carbocycles. The number of amides is 1. The summed E-state index contributed by atoms with van der Waals surface area (Å²) >= 11 is 0. The molecule has 0 radical (unpaired) electrons. The number of ether oxygens (including phenoxy) is 1. The molecule has 3 aromatic rings. The van der Waals surface area contributed by atoms with Gasteiger partial charge in [-0.3, -0.25) is 9.78 Å². The number of nitrogens with one attached hydrogen (secondary N) is 1. The van der Waals surface area contributed by atoms with Gasteiger partial charge >= 0.3 is 5.97 Å². The van der Waals surface area contributed by atoms with Crippen molar-refractivity contribution in [3.63, 3.8) is 0 Å². The van der Waals surface area contributed by atoms with Gasteiger partial charge in [0.05, 0.1) is 12.2 Å². The van der Waals surface area contributed by atoms with Crippen molar-refractivity contribution in [3.8, 4) is 0 Å². The van der Waals surface area contributed by atoms with Crippen LogP contribution in [0.5, 0.6) is 0 Å². The second kappa shape index (κ2) is 7.53. The molecule has 0 saturated heterocycles. The van der Waals surface area contributed by atoms with Gasteiger partial charge in [-0.05, 0) is 23.3 Å². The van der Waals surface area contributed by atoms with E-state index in [4.69, 9.17) is 4.74 Å². The van der Waals surface area contributed by atoms with Crippen LogP contribution >= 0.6 is 0 Å². The van der Waals surface area contributed by atoms with Crippen LogP contribution in [0.1, 0.15) is 29.0 Å². The highest BCUT2D eigenvalue weighted by molar-refractivity contribution is 5.90. The summed E-state index contributed by atoms with van der Waals surface area (Å²) in [6.45, 7) is 1.52. The molecule has 0 fully saturated rings. The highest BCUT2D eigenvalue weighted by atomic mass is 16.5. The number of carbonyl (C=O) groups excluding carboxylic acids is 2. The van der Waals surface area contributed by atoms with Crippen molar-refractivity contribution in [3.05, 3.63) is 72.3 Å². The lowest BCUT2D eigenvalue weighted by atomic mass is 10.00. The van der Waals surface area contributed by atoms with Gasteiger partial charge in [0.15, 0.2) is 12.3 Å². The van der Waals surface area contributed by atoms with E-state index in [9.17, 15) is 9.59 Å². The van der Waals surface area contributed by atoms with Crippen molar-refractivity contribution in [1.29, 1.82) is 0 Å². The molecule has 1 heterocycles. The van der Waals surface area contributed by atoms with Crippen LogP contribution < -0.4 is 5.32 Å². The van der Waals surface area contributed by atoms with Crippen molar-refractivity contribution in [2.24, 2.45) is 0 Å². The van der Waals surface area contributed by atoms with E-state index in [1.54, 1.807) is 0 Å². The molecule has 1 atom stereocenters. The standard InChI is InChI=1S/C19H17N3O3/c1-13(15-8-4-6-14-5-2-3-7-16(14)15)22-18(23)12-25-19(24)17-11-20-9-10-21-17/h2-11,13H,12H2,1H3,(H,22,23)/t13-/m0/s1. The van der Waals surface area contributed by atoms with Crippen LogP contribution in [0, 0.1) is 0 Å². The fraction of sp³-hybridized carbons (Fsp3) is 0.158. The summed E-state index contributed by atoms with van der Waals surface area (Å²) in [5, 5.41) is 5.03. The molecular weight excluding hydrogens is 318 g/mol. The minimum atomic E-state index is -0.680. The van der Waals surface area contributed by atoms with Crippen LogP contribution in [0.2, 0.25) is 0 Å². The number of carbonyl (C=O) groups is 2. The SMILES string of the molecule is C[C@H](NC(=O)COC(=O)c1cnccn1)c1cccc2ccccc12. The highest BCUT2D eigenvalue weighted by Gasteiger charge is 2.15. The lowest BCUT2D eigenvalue weighted by Crippen LogP contribution is -2.31. The zero-order valence-corrected chi connectivity index (χ0v) is 13.7. The van der Waals surface area contributed by atoms with Gasteiger partial charge in [0.2, 0.25) is 0 Å². The van der Waals surface area contributed by atoms with Crippen LogP contribution in [0.4, 0.5) is 0 Å². The summed E-state index contributed by atoms with van der Waals surface area (Å²) in [4.78, 5) is 31.5. The van der Waals surface area contributed by atoms with E-state index in [0.717, 1.165) is 16.3 Å². The van der Waals surface area contributed by atoms with Gasteiger partial charge in [-0.2, -0.15) is 0 Å². The van der Waals surface area contributed by atoms with Crippen molar-refractivity contribution in [2.45, 2.75) is 13.0 Å².